The largest absolute Gasteiger partial charge is 0.493 e. The molecule has 0 bridgehead atoms. The van der Waals surface area contributed by atoms with Crippen molar-refractivity contribution in [2.75, 3.05) is 19.8 Å². The Balaban J connectivity index is 1.65. The average Bonchev–Trinajstić information content (AvgIpc) is 2.64. The van der Waals surface area contributed by atoms with Gasteiger partial charge in [0.2, 0.25) is 5.91 Å². The van der Waals surface area contributed by atoms with E-state index in [1.165, 1.54) is 0 Å². The van der Waals surface area contributed by atoms with Crippen LogP contribution in [0.25, 0.3) is 0 Å². The van der Waals surface area contributed by atoms with Crippen LogP contribution in [0.4, 0.5) is 0 Å². The van der Waals surface area contributed by atoms with Gasteiger partial charge < -0.3 is 19.9 Å². The lowest BCUT2D eigenvalue weighted by atomic mass is 10.1. The number of hydrogen-bond acceptors (Lipinski definition) is 4. The minimum Gasteiger partial charge on any atom is -0.493 e. The highest BCUT2D eigenvalue weighted by molar-refractivity contribution is 5.76. The van der Waals surface area contributed by atoms with E-state index in [9.17, 15) is 9.59 Å². The fraction of sp³-hybridized carbons (Fsp3) is 0.333. The second kappa shape index (κ2) is 10.2. The lowest BCUT2D eigenvalue weighted by molar-refractivity contribution is -0.139. The summed E-state index contributed by atoms with van der Waals surface area (Å²) in [6.07, 6.45) is 0.984. The van der Waals surface area contributed by atoms with E-state index in [1.807, 2.05) is 44.2 Å². The van der Waals surface area contributed by atoms with E-state index in [2.05, 4.69) is 5.32 Å². The summed E-state index contributed by atoms with van der Waals surface area (Å²) in [5.41, 5.74) is 3.21. The molecule has 2 aromatic rings. The monoisotopic (exact) mass is 371 g/mol. The van der Waals surface area contributed by atoms with Gasteiger partial charge in [0, 0.05) is 6.54 Å². The number of nitrogens with one attached hydrogen (secondary N) is 1. The lowest BCUT2D eigenvalue weighted by Gasteiger charge is -2.10. The number of aryl methyl sites for hydroxylation is 2. The van der Waals surface area contributed by atoms with Gasteiger partial charge in [-0.05, 0) is 55.2 Å². The third-order valence-corrected chi connectivity index (χ3v) is 3.95. The molecule has 0 unspecified atom stereocenters. The van der Waals surface area contributed by atoms with Gasteiger partial charge in [0.25, 0.3) is 0 Å². The summed E-state index contributed by atoms with van der Waals surface area (Å²) in [7, 11) is 0. The van der Waals surface area contributed by atoms with Crippen LogP contribution >= 0.6 is 0 Å². The molecule has 2 N–H and O–H groups in total. The predicted octanol–water partition coefficient (Wildman–Crippen LogP) is 2.89. The molecule has 0 aliphatic rings. The number of carbonyl (C=O) groups excluding carboxylic acids is 1. The van der Waals surface area contributed by atoms with E-state index >= 15 is 0 Å². The van der Waals surface area contributed by atoms with E-state index in [0.717, 1.165) is 22.4 Å². The van der Waals surface area contributed by atoms with Crippen molar-refractivity contribution in [2.24, 2.45) is 0 Å². The van der Waals surface area contributed by atoms with E-state index in [4.69, 9.17) is 14.6 Å². The van der Waals surface area contributed by atoms with Gasteiger partial charge in [-0.2, -0.15) is 0 Å². The second-order valence-electron chi connectivity index (χ2n) is 6.29. The van der Waals surface area contributed by atoms with Crippen molar-refractivity contribution in [3.05, 3.63) is 59.2 Å². The van der Waals surface area contributed by atoms with Crippen molar-refractivity contribution >= 4 is 11.9 Å². The van der Waals surface area contributed by atoms with Gasteiger partial charge in [0.1, 0.15) is 11.5 Å². The fourth-order valence-corrected chi connectivity index (χ4v) is 2.45. The summed E-state index contributed by atoms with van der Waals surface area (Å²) in [6, 6.07) is 13.1. The molecule has 2 rings (SSSR count). The number of benzene rings is 2. The SMILES string of the molecule is Cc1ccc(C)c(OCCC(=O)NCCc2ccc(OCC(=O)O)cc2)c1. The molecule has 0 fully saturated rings. The van der Waals surface area contributed by atoms with E-state index in [0.29, 0.717) is 31.7 Å². The summed E-state index contributed by atoms with van der Waals surface area (Å²) >= 11 is 0. The first kappa shape index (κ1) is 20.3. The third kappa shape index (κ3) is 7.40. The molecule has 1 amide bonds. The van der Waals surface area contributed by atoms with Crippen molar-refractivity contribution in [2.45, 2.75) is 26.7 Å². The zero-order valence-electron chi connectivity index (χ0n) is 15.7. The van der Waals surface area contributed by atoms with Crippen molar-refractivity contribution < 1.29 is 24.2 Å². The second-order valence-corrected chi connectivity index (χ2v) is 6.29. The van der Waals surface area contributed by atoms with Crippen LogP contribution in [0, 0.1) is 13.8 Å². The van der Waals surface area contributed by atoms with Crippen molar-refractivity contribution in [3.63, 3.8) is 0 Å². The van der Waals surface area contributed by atoms with Crippen molar-refractivity contribution in [3.8, 4) is 11.5 Å². The maximum absolute atomic E-state index is 11.9. The van der Waals surface area contributed by atoms with Crippen LogP contribution < -0.4 is 14.8 Å². The Hall–Kier alpha value is -3.02. The molecule has 0 aliphatic carbocycles. The van der Waals surface area contributed by atoms with Gasteiger partial charge in [0.05, 0.1) is 13.0 Å². The first-order chi connectivity index (χ1) is 12.9. The Morgan fingerprint density at radius 2 is 1.78 bits per heavy atom. The molecule has 0 saturated heterocycles. The van der Waals surface area contributed by atoms with Crippen LogP contribution in [0.15, 0.2) is 42.5 Å². The van der Waals surface area contributed by atoms with Crippen LogP contribution in [0.2, 0.25) is 0 Å². The Labute approximate surface area is 159 Å². The predicted molar refractivity (Wildman–Crippen MR) is 102 cm³/mol. The number of carboxylic acid groups (broad SMARTS) is 1. The van der Waals surface area contributed by atoms with Crippen molar-refractivity contribution in [1.29, 1.82) is 0 Å². The molecule has 0 heterocycles. The third-order valence-electron chi connectivity index (χ3n) is 3.95. The number of carbonyl (C=O) groups is 2. The van der Waals surface area contributed by atoms with Gasteiger partial charge in [-0.15, -0.1) is 0 Å². The molecule has 0 aliphatic heterocycles. The number of carboxylic acids is 1. The van der Waals surface area contributed by atoms with E-state index in [-0.39, 0.29) is 12.5 Å². The molecule has 27 heavy (non-hydrogen) atoms. The van der Waals surface area contributed by atoms with Gasteiger partial charge >= 0.3 is 5.97 Å². The number of rotatable bonds is 10. The number of amides is 1. The van der Waals surface area contributed by atoms with Crippen LogP contribution in [-0.2, 0) is 16.0 Å². The molecule has 0 atom stereocenters. The maximum Gasteiger partial charge on any atom is 0.341 e. The summed E-state index contributed by atoms with van der Waals surface area (Å²) in [6.45, 7) is 4.49. The summed E-state index contributed by atoms with van der Waals surface area (Å²) in [5.74, 6) is 0.256. The normalized spacial score (nSPS) is 10.3. The highest BCUT2D eigenvalue weighted by Gasteiger charge is 2.05. The zero-order chi connectivity index (χ0) is 19.6. The Morgan fingerprint density at radius 1 is 1.04 bits per heavy atom. The molecule has 144 valence electrons. The van der Waals surface area contributed by atoms with Gasteiger partial charge in [0.15, 0.2) is 6.61 Å². The molecule has 0 saturated carbocycles. The lowest BCUT2D eigenvalue weighted by Crippen LogP contribution is -2.27. The zero-order valence-corrected chi connectivity index (χ0v) is 15.7. The quantitative estimate of drug-likeness (QED) is 0.671. The Kier molecular flexibility index (Phi) is 7.67. The topological polar surface area (TPSA) is 84.9 Å². The van der Waals surface area contributed by atoms with Gasteiger partial charge in [-0.3, -0.25) is 4.79 Å². The van der Waals surface area contributed by atoms with Crippen LogP contribution in [0.3, 0.4) is 0 Å². The van der Waals surface area contributed by atoms with Crippen LogP contribution in [-0.4, -0.2) is 36.7 Å². The standard InChI is InChI=1S/C21H25NO5/c1-15-3-4-16(2)19(13-15)26-12-10-20(23)22-11-9-17-5-7-18(8-6-17)27-14-21(24)25/h3-8,13H,9-12,14H2,1-2H3,(H,22,23)(H,24,25). The average molecular weight is 371 g/mol. The molecule has 6 heteroatoms. The molecule has 2 aromatic carbocycles. The molecular formula is C21H25NO5. The fourth-order valence-electron chi connectivity index (χ4n) is 2.45. The number of hydrogen-bond donors (Lipinski definition) is 2. The maximum atomic E-state index is 11.9. The smallest absolute Gasteiger partial charge is 0.341 e. The highest BCUT2D eigenvalue weighted by atomic mass is 16.5. The van der Waals surface area contributed by atoms with Crippen LogP contribution in [0.5, 0.6) is 11.5 Å². The van der Waals surface area contributed by atoms with E-state index < -0.39 is 5.97 Å². The molecular weight excluding hydrogens is 346 g/mol. The first-order valence-corrected chi connectivity index (χ1v) is 8.84. The van der Waals surface area contributed by atoms with Gasteiger partial charge in [-0.1, -0.05) is 24.3 Å². The molecule has 0 radical (unpaired) electrons. The summed E-state index contributed by atoms with van der Waals surface area (Å²) in [4.78, 5) is 22.4. The Morgan fingerprint density at radius 3 is 2.48 bits per heavy atom. The van der Waals surface area contributed by atoms with Crippen molar-refractivity contribution in [1.82, 2.24) is 5.32 Å². The minimum absolute atomic E-state index is 0.0540. The number of ether oxygens (including phenoxy) is 2. The molecule has 0 aromatic heterocycles. The number of aliphatic carboxylic acids is 1. The van der Waals surface area contributed by atoms with Crippen LogP contribution in [0.1, 0.15) is 23.1 Å². The summed E-state index contributed by atoms with van der Waals surface area (Å²) in [5, 5.41) is 11.4. The highest BCUT2D eigenvalue weighted by Crippen LogP contribution is 2.19. The molecule has 6 nitrogen and oxygen atoms in total. The first-order valence-electron chi connectivity index (χ1n) is 8.84. The van der Waals surface area contributed by atoms with Gasteiger partial charge in [-0.25, -0.2) is 4.79 Å². The Bertz CT molecular complexity index is 771. The minimum atomic E-state index is -1.01. The van der Waals surface area contributed by atoms with E-state index in [1.54, 1.807) is 12.1 Å². The summed E-state index contributed by atoms with van der Waals surface area (Å²) < 4.78 is 10.8. The molecule has 0 spiro atoms.